The fourth-order valence-corrected chi connectivity index (χ4v) is 2.72. The third-order valence-corrected chi connectivity index (χ3v) is 4.57. The van der Waals surface area contributed by atoms with Crippen LogP contribution in [0, 0.1) is 0 Å². The van der Waals surface area contributed by atoms with Crippen LogP contribution in [-0.4, -0.2) is 14.7 Å². The van der Waals surface area contributed by atoms with E-state index in [1.165, 1.54) is 11.8 Å². The zero-order chi connectivity index (χ0) is 16.4. The topological polar surface area (TPSA) is 43.4 Å². The van der Waals surface area contributed by atoms with Crippen LogP contribution in [0.3, 0.4) is 0 Å². The lowest BCUT2D eigenvalue weighted by Crippen LogP contribution is -2.10. The molecule has 0 spiro atoms. The van der Waals surface area contributed by atoms with Crippen LogP contribution >= 0.6 is 0 Å². The summed E-state index contributed by atoms with van der Waals surface area (Å²) in [6, 6.07) is 14.9. The molecule has 0 radical (unpaired) electrons. The molecule has 0 amide bonds. The van der Waals surface area contributed by atoms with Crippen molar-refractivity contribution < 1.29 is 13.2 Å². The minimum absolute atomic E-state index is 0.128. The van der Waals surface area contributed by atoms with Gasteiger partial charge in [0.1, 0.15) is 12.4 Å². The lowest BCUT2D eigenvalue weighted by molar-refractivity contribution is 0.305. The number of ether oxygens (including phenoxy) is 1. The summed E-state index contributed by atoms with van der Waals surface area (Å²) in [5.74, 6) is 0.558. The van der Waals surface area contributed by atoms with Crippen molar-refractivity contribution in [3.63, 3.8) is 0 Å². The molecule has 22 heavy (non-hydrogen) atoms. The second-order valence-electron chi connectivity index (χ2n) is 6.48. The Morgan fingerprint density at radius 3 is 2.18 bits per heavy atom. The van der Waals surface area contributed by atoms with Gasteiger partial charge >= 0.3 is 0 Å². The van der Waals surface area contributed by atoms with Crippen molar-refractivity contribution in [3.05, 3.63) is 59.7 Å². The minimum Gasteiger partial charge on any atom is -0.489 e. The molecule has 0 aliphatic heterocycles. The molecule has 0 unspecified atom stereocenters. The molecule has 0 atom stereocenters. The number of sulfone groups is 1. The van der Waals surface area contributed by atoms with Crippen molar-refractivity contribution in [1.29, 1.82) is 0 Å². The Hall–Kier alpha value is -1.81. The minimum atomic E-state index is -3.21. The Morgan fingerprint density at radius 2 is 1.64 bits per heavy atom. The maximum absolute atomic E-state index is 11.5. The molecule has 0 bridgehead atoms. The normalized spacial score (nSPS) is 12.2. The van der Waals surface area contributed by atoms with Crippen molar-refractivity contribution in [1.82, 2.24) is 0 Å². The second-order valence-corrected chi connectivity index (χ2v) is 8.50. The van der Waals surface area contributed by atoms with E-state index in [4.69, 9.17) is 4.74 Å². The van der Waals surface area contributed by atoms with E-state index in [1.807, 2.05) is 12.1 Å². The summed E-state index contributed by atoms with van der Waals surface area (Å²) in [5.41, 5.74) is 2.46. The Labute approximate surface area is 132 Å². The molecule has 3 nitrogen and oxygen atoms in total. The van der Waals surface area contributed by atoms with Crippen LogP contribution in [0.4, 0.5) is 0 Å². The molecular formula is C18H22O3S. The first kappa shape index (κ1) is 16.6. The average molecular weight is 318 g/mol. The number of benzene rings is 2. The highest BCUT2D eigenvalue weighted by molar-refractivity contribution is 7.90. The van der Waals surface area contributed by atoms with Gasteiger partial charge in [0.15, 0.2) is 9.84 Å². The van der Waals surface area contributed by atoms with Crippen LogP contribution in [0.5, 0.6) is 5.75 Å². The van der Waals surface area contributed by atoms with Crippen molar-refractivity contribution in [3.8, 4) is 5.75 Å². The molecule has 0 fully saturated rings. The fraction of sp³-hybridized carbons (Fsp3) is 0.333. The van der Waals surface area contributed by atoms with Gasteiger partial charge in [-0.1, -0.05) is 51.1 Å². The molecular weight excluding hydrogens is 296 g/mol. The van der Waals surface area contributed by atoms with E-state index in [1.54, 1.807) is 24.3 Å². The molecule has 0 aromatic heterocycles. The molecule has 0 heterocycles. The first-order valence-electron chi connectivity index (χ1n) is 7.18. The third kappa shape index (κ3) is 4.34. The van der Waals surface area contributed by atoms with Crippen LogP contribution in [0.25, 0.3) is 0 Å². The first-order valence-corrected chi connectivity index (χ1v) is 9.08. The van der Waals surface area contributed by atoms with Crippen LogP contribution in [-0.2, 0) is 21.9 Å². The van der Waals surface area contributed by atoms with Gasteiger partial charge in [-0.05, 0) is 34.7 Å². The summed E-state index contributed by atoms with van der Waals surface area (Å²) >= 11 is 0. The van der Waals surface area contributed by atoms with E-state index in [0.717, 1.165) is 5.56 Å². The molecule has 0 saturated heterocycles. The molecule has 2 aromatic rings. The van der Waals surface area contributed by atoms with Crippen molar-refractivity contribution >= 4 is 9.84 Å². The van der Waals surface area contributed by atoms with Crippen molar-refractivity contribution in [2.24, 2.45) is 0 Å². The molecule has 0 aliphatic rings. The largest absolute Gasteiger partial charge is 0.489 e. The van der Waals surface area contributed by atoms with Gasteiger partial charge < -0.3 is 4.74 Å². The van der Waals surface area contributed by atoms with Crippen molar-refractivity contribution in [2.45, 2.75) is 37.7 Å². The maximum atomic E-state index is 11.5. The van der Waals surface area contributed by atoms with Gasteiger partial charge in [0.05, 0.1) is 4.90 Å². The molecule has 2 aromatic carbocycles. The zero-order valence-electron chi connectivity index (χ0n) is 13.5. The standard InChI is InChI=1S/C18H22O3S/c1-18(2,3)15-10-8-14(9-11-15)13-21-16-6-5-7-17(12-16)22(4,19)20/h5-12H,13H2,1-4H3. The summed E-state index contributed by atoms with van der Waals surface area (Å²) < 4.78 is 28.8. The Bertz CT molecular complexity index is 739. The number of rotatable bonds is 4. The number of hydrogen-bond acceptors (Lipinski definition) is 3. The molecule has 4 heteroatoms. The summed E-state index contributed by atoms with van der Waals surface area (Å²) in [4.78, 5) is 0.271. The smallest absolute Gasteiger partial charge is 0.175 e. The van der Waals surface area contributed by atoms with E-state index in [2.05, 4.69) is 32.9 Å². The molecule has 2 rings (SSSR count). The highest BCUT2D eigenvalue weighted by Crippen LogP contribution is 2.23. The zero-order valence-corrected chi connectivity index (χ0v) is 14.3. The number of hydrogen-bond donors (Lipinski definition) is 0. The summed E-state index contributed by atoms with van der Waals surface area (Å²) in [6.07, 6.45) is 1.19. The molecule has 0 N–H and O–H groups in total. The predicted octanol–water partition coefficient (Wildman–Crippen LogP) is 3.97. The Morgan fingerprint density at radius 1 is 1.00 bits per heavy atom. The highest BCUT2D eigenvalue weighted by Gasteiger charge is 2.13. The van der Waals surface area contributed by atoms with Gasteiger partial charge in [0.2, 0.25) is 0 Å². The summed E-state index contributed by atoms with van der Waals surface area (Å²) in [5, 5.41) is 0. The monoisotopic (exact) mass is 318 g/mol. The Balaban J connectivity index is 2.07. The van der Waals surface area contributed by atoms with Gasteiger partial charge in [-0.3, -0.25) is 0 Å². The molecule has 118 valence electrons. The second kappa shape index (κ2) is 6.13. The van der Waals surface area contributed by atoms with Crippen LogP contribution in [0.1, 0.15) is 31.9 Å². The van der Waals surface area contributed by atoms with Crippen LogP contribution in [0.15, 0.2) is 53.4 Å². The summed E-state index contributed by atoms with van der Waals surface area (Å²) in [6.45, 7) is 6.94. The van der Waals surface area contributed by atoms with E-state index >= 15 is 0 Å². The van der Waals surface area contributed by atoms with Crippen molar-refractivity contribution in [2.75, 3.05) is 6.26 Å². The third-order valence-electron chi connectivity index (χ3n) is 3.46. The fourth-order valence-electron chi connectivity index (χ4n) is 2.06. The Kier molecular flexibility index (Phi) is 4.61. The lowest BCUT2D eigenvalue weighted by Gasteiger charge is -2.19. The maximum Gasteiger partial charge on any atom is 0.175 e. The summed E-state index contributed by atoms with van der Waals surface area (Å²) in [7, 11) is -3.21. The van der Waals surface area contributed by atoms with E-state index in [-0.39, 0.29) is 10.3 Å². The van der Waals surface area contributed by atoms with Gasteiger partial charge in [0, 0.05) is 6.26 Å². The van der Waals surface area contributed by atoms with E-state index < -0.39 is 9.84 Å². The molecule has 0 saturated carbocycles. The van der Waals surface area contributed by atoms with Gasteiger partial charge in [0.25, 0.3) is 0 Å². The van der Waals surface area contributed by atoms with E-state index in [0.29, 0.717) is 12.4 Å². The van der Waals surface area contributed by atoms with Gasteiger partial charge in [-0.25, -0.2) is 8.42 Å². The van der Waals surface area contributed by atoms with Crippen LogP contribution in [0.2, 0.25) is 0 Å². The van der Waals surface area contributed by atoms with Crippen LogP contribution < -0.4 is 4.74 Å². The van der Waals surface area contributed by atoms with Gasteiger partial charge in [-0.2, -0.15) is 0 Å². The lowest BCUT2D eigenvalue weighted by atomic mass is 9.87. The van der Waals surface area contributed by atoms with E-state index in [9.17, 15) is 8.42 Å². The quantitative estimate of drug-likeness (QED) is 0.857. The SMILES string of the molecule is CC(C)(C)c1ccc(COc2cccc(S(C)(=O)=O)c2)cc1. The average Bonchev–Trinajstić information content (AvgIpc) is 2.44. The van der Waals surface area contributed by atoms with Gasteiger partial charge in [-0.15, -0.1) is 0 Å². The molecule has 0 aliphatic carbocycles. The first-order chi connectivity index (χ1) is 10.2. The highest BCUT2D eigenvalue weighted by atomic mass is 32.2. The predicted molar refractivity (Wildman–Crippen MR) is 89.0 cm³/mol.